The Morgan fingerprint density at radius 2 is 1.89 bits per heavy atom. The number of ether oxygens (including phenoxy) is 2. The normalized spacial score (nSPS) is 26.7. The van der Waals surface area contributed by atoms with Crippen LogP contribution in [0.2, 0.25) is 0 Å². The summed E-state index contributed by atoms with van der Waals surface area (Å²) >= 11 is 0. The summed E-state index contributed by atoms with van der Waals surface area (Å²) < 4.78 is 10.9. The number of aliphatic hydroxyl groups excluding tert-OH is 1. The lowest BCUT2D eigenvalue weighted by Gasteiger charge is -2.24. The molecule has 0 radical (unpaired) electrons. The van der Waals surface area contributed by atoms with Gasteiger partial charge in [-0.05, 0) is 19.4 Å². The van der Waals surface area contributed by atoms with Crippen molar-refractivity contribution in [3.63, 3.8) is 0 Å². The van der Waals surface area contributed by atoms with Crippen molar-refractivity contribution in [2.24, 2.45) is 0 Å². The van der Waals surface area contributed by atoms with E-state index < -0.39 is 0 Å². The van der Waals surface area contributed by atoms with Crippen LogP contribution < -0.4 is 5.32 Å². The van der Waals surface area contributed by atoms with Crippen molar-refractivity contribution in [3.8, 4) is 0 Å². The second-order valence-electron chi connectivity index (χ2n) is 4.93. The number of rotatable bonds is 9. The summed E-state index contributed by atoms with van der Waals surface area (Å²) in [6.45, 7) is 6.15. The summed E-state index contributed by atoms with van der Waals surface area (Å²) in [5, 5.41) is 12.6. The van der Waals surface area contributed by atoms with Crippen molar-refractivity contribution in [3.05, 3.63) is 0 Å². The number of nitrogens with one attached hydrogen (secondary N) is 1. The minimum atomic E-state index is 0.163. The van der Waals surface area contributed by atoms with Crippen molar-refractivity contribution in [2.75, 3.05) is 47.0 Å². The van der Waals surface area contributed by atoms with Gasteiger partial charge in [0.25, 0.3) is 0 Å². The van der Waals surface area contributed by atoms with E-state index in [9.17, 15) is 0 Å². The second kappa shape index (κ2) is 8.82. The van der Waals surface area contributed by atoms with Gasteiger partial charge in [0.1, 0.15) is 0 Å². The van der Waals surface area contributed by atoms with Gasteiger partial charge >= 0.3 is 0 Å². The molecule has 18 heavy (non-hydrogen) atoms. The maximum Gasteiger partial charge on any atom is 0.0971 e. The highest BCUT2D eigenvalue weighted by atomic mass is 16.5. The minimum Gasteiger partial charge on any atom is -0.396 e. The summed E-state index contributed by atoms with van der Waals surface area (Å²) in [5.41, 5.74) is 0. The predicted octanol–water partition coefficient (Wildman–Crippen LogP) is 0.0826. The van der Waals surface area contributed by atoms with E-state index >= 15 is 0 Å². The molecule has 5 heteroatoms. The third-order valence-corrected chi connectivity index (χ3v) is 3.54. The standard InChI is InChI=1S/C13H28N2O3/c1-4-6-14-11(5-7-16)8-15-9-12(17-2)13(10-15)18-3/h11-14,16H,4-10H2,1-3H3. The Bertz CT molecular complexity index is 204. The lowest BCUT2D eigenvalue weighted by Crippen LogP contribution is -2.41. The fourth-order valence-corrected chi connectivity index (χ4v) is 2.49. The van der Waals surface area contributed by atoms with Crippen molar-refractivity contribution in [1.82, 2.24) is 10.2 Å². The molecule has 0 aromatic rings. The summed E-state index contributed by atoms with van der Waals surface area (Å²) in [6, 6.07) is 0.350. The highest BCUT2D eigenvalue weighted by Crippen LogP contribution is 2.16. The van der Waals surface area contributed by atoms with Crippen LogP contribution >= 0.6 is 0 Å². The third-order valence-electron chi connectivity index (χ3n) is 3.54. The van der Waals surface area contributed by atoms with Gasteiger partial charge in [-0.2, -0.15) is 0 Å². The fraction of sp³-hybridized carbons (Fsp3) is 1.00. The topological polar surface area (TPSA) is 54.0 Å². The van der Waals surface area contributed by atoms with Gasteiger partial charge in [-0.15, -0.1) is 0 Å². The highest BCUT2D eigenvalue weighted by Gasteiger charge is 2.33. The quantitative estimate of drug-likeness (QED) is 0.615. The molecule has 1 aliphatic heterocycles. The summed E-state index contributed by atoms with van der Waals surface area (Å²) in [7, 11) is 3.47. The summed E-state index contributed by atoms with van der Waals surface area (Å²) in [5.74, 6) is 0. The molecule has 1 fully saturated rings. The first-order valence-corrected chi connectivity index (χ1v) is 6.87. The summed E-state index contributed by atoms with van der Waals surface area (Å²) in [6.07, 6.45) is 2.24. The first-order valence-electron chi connectivity index (χ1n) is 6.87. The molecule has 108 valence electrons. The molecule has 5 nitrogen and oxygen atoms in total. The van der Waals surface area contributed by atoms with Gasteiger partial charge in [0.05, 0.1) is 12.2 Å². The molecule has 0 saturated carbocycles. The van der Waals surface area contributed by atoms with Crippen LogP contribution in [0, 0.1) is 0 Å². The van der Waals surface area contributed by atoms with E-state index in [-0.39, 0.29) is 18.8 Å². The number of likely N-dealkylation sites (tertiary alicyclic amines) is 1. The van der Waals surface area contributed by atoms with Crippen molar-refractivity contribution < 1.29 is 14.6 Å². The molecular weight excluding hydrogens is 232 g/mol. The van der Waals surface area contributed by atoms with E-state index in [1.165, 1.54) is 0 Å². The maximum absolute atomic E-state index is 9.10. The Balaban J connectivity index is 2.39. The molecule has 1 saturated heterocycles. The van der Waals surface area contributed by atoms with Gasteiger partial charge in [-0.3, -0.25) is 4.90 Å². The van der Waals surface area contributed by atoms with Gasteiger partial charge in [-0.25, -0.2) is 0 Å². The number of methoxy groups -OCH3 is 2. The van der Waals surface area contributed by atoms with Gasteiger partial charge in [0.15, 0.2) is 0 Å². The van der Waals surface area contributed by atoms with Crippen molar-refractivity contribution in [1.29, 1.82) is 0 Å². The molecule has 0 aromatic heterocycles. The van der Waals surface area contributed by atoms with E-state index in [0.717, 1.165) is 39.0 Å². The summed E-state index contributed by atoms with van der Waals surface area (Å²) in [4.78, 5) is 2.35. The van der Waals surface area contributed by atoms with Crippen molar-refractivity contribution in [2.45, 2.75) is 38.0 Å². The van der Waals surface area contributed by atoms with Crippen LogP contribution in [0.5, 0.6) is 0 Å². The molecule has 1 aliphatic rings. The zero-order chi connectivity index (χ0) is 13.4. The van der Waals surface area contributed by atoms with E-state index in [2.05, 4.69) is 17.1 Å². The molecule has 3 atom stereocenters. The Labute approximate surface area is 110 Å². The number of aliphatic hydroxyl groups is 1. The average Bonchev–Trinajstić information content (AvgIpc) is 2.78. The smallest absolute Gasteiger partial charge is 0.0971 e. The highest BCUT2D eigenvalue weighted by molar-refractivity contribution is 4.87. The molecule has 1 heterocycles. The van der Waals surface area contributed by atoms with Gasteiger partial charge in [-0.1, -0.05) is 6.92 Å². The molecule has 0 bridgehead atoms. The zero-order valence-corrected chi connectivity index (χ0v) is 11.9. The number of hydrogen-bond donors (Lipinski definition) is 2. The van der Waals surface area contributed by atoms with E-state index in [1.807, 2.05) is 0 Å². The van der Waals surface area contributed by atoms with Gasteiger partial charge in [0, 0.05) is 46.5 Å². The monoisotopic (exact) mass is 260 g/mol. The Kier molecular flexibility index (Phi) is 7.77. The number of hydrogen-bond acceptors (Lipinski definition) is 5. The largest absolute Gasteiger partial charge is 0.396 e. The van der Waals surface area contributed by atoms with Crippen molar-refractivity contribution >= 4 is 0 Å². The lowest BCUT2D eigenvalue weighted by molar-refractivity contribution is -0.00461. The molecule has 0 amide bonds. The van der Waals surface area contributed by atoms with Gasteiger partial charge in [0.2, 0.25) is 0 Å². The van der Waals surface area contributed by atoms with Crippen LogP contribution in [0.4, 0.5) is 0 Å². The van der Waals surface area contributed by atoms with Crippen LogP contribution in [0.1, 0.15) is 19.8 Å². The first-order chi connectivity index (χ1) is 8.74. The Hall–Kier alpha value is -0.200. The number of nitrogens with zero attached hydrogens (tertiary/aromatic N) is 1. The molecular formula is C13H28N2O3. The van der Waals surface area contributed by atoms with Gasteiger partial charge < -0.3 is 19.9 Å². The van der Waals surface area contributed by atoms with Crippen LogP contribution in [0.15, 0.2) is 0 Å². The van der Waals surface area contributed by atoms with E-state index in [4.69, 9.17) is 14.6 Å². The molecule has 0 aromatic carbocycles. The average molecular weight is 260 g/mol. The van der Waals surface area contributed by atoms with Crippen LogP contribution in [-0.4, -0.2) is 75.3 Å². The molecule has 1 rings (SSSR count). The SMILES string of the molecule is CCCNC(CCO)CN1CC(OC)C(OC)C1. The Morgan fingerprint density at radius 1 is 1.28 bits per heavy atom. The Morgan fingerprint density at radius 3 is 2.33 bits per heavy atom. The molecule has 0 aliphatic carbocycles. The zero-order valence-electron chi connectivity index (χ0n) is 11.9. The first kappa shape index (κ1) is 15.9. The van der Waals surface area contributed by atoms with E-state index in [1.54, 1.807) is 14.2 Å². The fourth-order valence-electron chi connectivity index (χ4n) is 2.49. The molecule has 3 unspecified atom stereocenters. The molecule has 2 N–H and O–H groups in total. The maximum atomic E-state index is 9.10. The molecule has 0 spiro atoms. The second-order valence-corrected chi connectivity index (χ2v) is 4.93. The lowest BCUT2D eigenvalue weighted by atomic mass is 10.2. The predicted molar refractivity (Wildman–Crippen MR) is 71.8 cm³/mol. The third kappa shape index (κ3) is 4.82. The van der Waals surface area contributed by atoms with Crippen LogP contribution in [0.3, 0.4) is 0 Å². The van der Waals surface area contributed by atoms with Crippen LogP contribution in [0.25, 0.3) is 0 Å². The van der Waals surface area contributed by atoms with E-state index in [0.29, 0.717) is 6.04 Å². The van der Waals surface area contributed by atoms with Crippen LogP contribution in [-0.2, 0) is 9.47 Å². The minimum absolute atomic E-state index is 0.163.